The van der Waals surface area contributed by atoms with Crippen molar-refractivity contribution in [3.63, 3.8) is 0 Å². The molecule has 4 heterocycles. The normalized spacial score (nSPS) is 11.4. The van der Waals surface area contributed by atoms with E-state index in [1.165, 1.54) is 4.70 Å². The number of hydrogen-bond donors (Lipinski definition) is 0. The quantitative estimate of drug-likeness (QED) is 0.166. The van der Waals surface area contributed by atoms with E-state index in [9.17, 15) is 5.26 Å². The van der Waals surface area contributed by atoms with Crippen LogP contribution < -0.4 is 0 Å². The number of aromatic nitrogens is 5. The number of rotatable bonds is 6. The lowest BCUT2D eigenvalue weighted by atomic mass is 10.0. The van der Waals surface area contributed by atoms with E-state index in [0.29, 0.717) is 28.9 Å². The second kappa shape index (κ2) is 13.7. The molecule has 0 aliphatic carbocycles. The highest BCUT2D eigenvalue weighted by atomic mass is 32.1. The van der Waals surface area contributed by atoms with Crippen molar-refractivity contribution in [2.45, 2.75) is 0 Å². The van der Waals surface area contributed by atoms with E-state index in [4.69, 9.17) is 29.3 Å². The fourth-order valence-electron chi connectivity index (χ4n) is 7.47. The summed E-state index contributed by atoms with van der Waals surface area (Å²) in [6, 6.07) is 58.8. The number of nitrogens with zero attached hydrogens (tertiary/aromatic N) is 6. The van der Waals surface area contributed by atoms with Crippen molar-refractivity contribution in [2.24, 2.45) is 0 Å². The lowest BCUT2D eigenvalue weighted by Gasteiger charge is -2.09. The van der Waals surface area contributed by atoms with Crippen molar-refractivity contribution < 1.29 is 4.42 Å². The van der Waals surface area contributed by atoms with Crippen LogP contribution >= 0.6 is 11.3 Å². The number of fused-ring (bicyclic) bond motifs is 6. The molecule has 0 N–H and O–H groups in total. The van der Waals surface area contributed by atoms with Gasteiger partial charge in [-0.05, 0) is 59.7 Å². The molecule has 0 atom stereocenters. The average Bonchev–Trinajstić information content (AvgIpc) is 3.87. The number of hydrogen-bond acceptors (Lipinski definition) is 8. The Morgan fingerprint density at radius 1 is 0.414 bits per heavy atom. The predicted molar refractivity (Wildman–Crippen MR) is 233 cm³/mol. The maximum absolute atomic E-state index is 9.21. The molecule has 7 aromatic carbocycles. The summed E-state index contributed by atoms with van der Waals surface area (Å²) in [7, 11) is 0. The second-order valence-corrected chi connectivity index (χ2v) is 15.1. The Morgan fingerprint density at radius 2 is 0.966 bits per heavy atom. The van der Waals surface area contributed by atoms with Crippen molar-refractivity contribution in [3.05, 3.63) is 175 Å². The topological polar surface area (TPSA) is 101 Å². The Balaban J connectivity index is 0.999. The molecular formula is C50H28N6OS. The molecule has 8 heteroatoms. The highest BCUT2D eigenvalue weighted by Crippen LogP contribution is 2.40. The van der Waals surface area contributed by atoms with Crippen LogP contribution in [-0.2, 0) is 0 Å². The summed E-state index contributed by atoms with van der Waals surface area (Å²) in [4.78, 5) is 25.3. The largest absolute Gasteiger partial charge is 0.456 e. The third-order valence-corrected chi connectivity index (χ3v) is 11.6. The van der Waals surface area contributed by atoms with Crippen LogP contribution in [0.2, 0.25) is 0 Å². The monoisotopic (exact) mass is 760 g/mol. The molecule has 0 spiro atoms. The van der Waals surface area contributed by atoms with E-state index >= 15 is 0 Å². The average molecular weight is 761 g/mol. The molecule has 11 aromatic rings. The number of nitriles is 1. The first-order chi connectivity index (χ1) is 28.6. The first-order valence-electron chi connectivity index (χ1n) is 18.8. The van der Waals surface area contributed by atoms with Gasteiger partial charge in [0.25, 0.3) is 0 Å². The highest BCUT2D eigenvalue weighted by molar-refractivity contribution is 7.26. The van der Waals surface area contributed by atoms with Crippen LogP contribution in [-0.4, -0.2) is 24.9 Å². The van der Waals surface area contributed by atoms with Crippen molar-refractivity contribution in [2.75, 3.05) is 0 Å². The van der Waals surface area contributed by atoms with E-state index in [0.717, 1.165) is 82.2 Å². The van der Waals surface area contributed by atoms with Crippen LogP contribution in [0.5, 0.6) is 0 Å². The first kappa shape index (κ1) is 33.5. The molecule has 4 aromatic heterocycles. The summed E-state index contributed by atoms with van der Waals surface area (Å²) in [5.74, 6) is 2.35. The first-order valence-corrected chi connectivity index (χ1v) is 19.6. The molecule has 0 amide bonds. The molecule has 0 radical (unpaired) electrons. The Labute approximate surface area is 336 Å². The Kier molecular flexibility index (Phi) is 7.91. The van der Waals surface area contributed by atoms with Crippen molar-refractivity contribution >= 4 is 53.6 Å². The van der Waals surface area contributed by atoms with Crippen LogP contribution in [0.1, 0.15) is 5.56 Å². The zero-order valence-electron chi connectivity index (χ0n) is 30.7. The summed E-state index contributed by atoms with van der Waals surface area (Å²) in [6.45, 7) is 0. The van der Waals surface area contributed by atoms with Crippen LogP contribution in [0, 0.1) is 11.3 Å². The van der Waals surface area contributed by atoms with Gasteiger partial charge in [-0.3, -0.25) is 0 Å². The smallest absolute Gasteiger partial charge is 0.164 e. The van der Waals surface area contributed by atoms with Gasteiger partial charge in [0.1, 0.15) is 11.2 Å². The molecule has 0 saturated heterocycles. The molecule has 0 saturated carbocycles. The Bertz CT molecular complexity index is 3390. The fraction of sp³-hybridized carbons (Fsp3) is 0. The van der Waals surface area contributed by atoms with Crippen LogP contribution in [0.4, 0.5) is 0 Å². The van der Waals surface area contributed by atoms with Gasteiger partial charge >= 0.3 is 0 Å². The Hall–Kier alpha value is -7.86. The van der Waals surface area contributed by atoms with Gasteiger partial charge in [0, 0.05) is 48.7 Å². The lowest BCUT2D eigenvalue weighted by Crippen LogP contribution is -2.00. The zero-order valence-corrected chi connectivity index (χ0v) is 31.5. The van der Waals surface area contributed by atoms with E-state index in [2.05, 4.69) is 54.6 Å². The van der Waals surface area contributed by atoms with Gasteiger partial charge in [-0.25, -0.2) is 24.9 Å². The number of furan rings is 1. The number of thiophene rings is 1. The van der Waals surface area contributed by atoms with E-state index in [1.54, 1.807) is 11.3 Å². The minimum absolute atomic E-state index is 0.543. The highest BCUT2D eigenvalue weighted by Gasteiger charge is 2.19. The maximum Gasteiger partial charge on any atom is 0.164 e. The predicted octanol–water partition coefficient (Wildman–Crippen LogP) is 12.8. The molecule has 0 aliphatic heterocycles. The molecule has 7 nitrogen and oxygen atoms in total. The van der Waals surface area contributed by atoms with Gasteiger partial charge in [-0.2, -0.15) is 5.26 Å². The zero-order chi connectivity index (χ0) is 38.6. The molecule has 0 aliphatic rings. The fourth-order valence-corrected chi connectivity index (χ4v) is 8.62. The molecule has 270 valence electrons. The van der Waals surface area contributed by atoms with Gasteiger partial charge in [0.15, 0.2) is 23.3 Å². The van der Waals surface area contributed by atoms with E-state index in [-0.39, 0.29) is 0 Å². The molecule has 0 unspecified atom stereocenters. The van der Waals surface area contributed by atoms with Crippen molar-refractivity contribution in [1.82, 2.24) is 24.9 Å². The molecule has 0 bridgehead atoms. The Morgan fingerprint density at radius 3 is 1.69 bits per heavy atom. The third-order valence-electron chi connectivity index (χ3n) is 10.4. The second-order valence-electron chi connectivity index (χ2n) is 14.0. The molecular weight excluding hydrogens is 733 g/mol. The third kappa shape index (κ3) is 5.86. The summed E-state index contributed by atoms with van der Waals surface area (Å²) in [5, 5.41) is 12.3. The molecule has 0 fully saturated rings. The van der Waals surface area contributed by atoms with Crippen molar-refractivity contribution in [1.29, 1.82) is 5.26 Å². The van der Waals surface area contributed by atoms with Crippen LogP contribution in [0.25, 0.3) is 110 Å². The number of benzene rings is 7. The van der Waals surface area contributed by atoms with Crippen LogP contribution in [0.3, 0.4) is 0 Å². The summed E-state index contributed by atoms with van der Waals surface area (Å²) < 4.78 is 8.75. The lowest BCUT2D eigenvalue weighted by molar-refractivity contribution is 0.669. The van der Waals surface area contributed by atoms with Gasteiger partial charge < -0.3 is 4.42 Å². The van der Waals surface area contributed by atoms with Gasteiger partial charge in [0.2, 0.25) is 0 Å². The molecule has 11 rings (SSSR count). The summed E-state index contributed by atoms with van der Waals surface area (Å²) in [5.41, 5.74) is 10.6. The SMILES string of the molecule is N#Cc1ccc(-c2ccc(-c3nc(-c4ccccc4)nc(-c4ccc5c(c4)oc4ccc(-c6nc(-c7ccccc7)c7sc8ccccc8c7n6)cc45)n3)cc2)cc1. The van der Waals surface area contributed by atoms with Gasteiger partial charge in [-0.1, -0.05) is 121 Å². The summed E-state index contributed by atoms with van der Waals surface area (Å²) >= 11 is 1.73. The standard InChI is InChI=1S/C50H28N6OS/c51-29-30-15-17-31(18-16-30)32-19-21-35(22-20-32)48-54-47(34-11-5-2-6-12-34)55-50(56-48)37-23-25-38-40-27-36(24-26-41(40)57-42(38)28-37)49-52-44(33-9-3-1-4-10-33)46-45(53-49)39-13-7-8-14-43(39)58-46/h1-28H. The van der Waals surface area contributed by atoms with E-state index < -0.39 is 0 Å². The summed E-state index contributed by atoms with van der Waals surface area (Å²) in [6.07, 6.45) is 0. The van der Waals surface area contributed by atoms with Gasteiger partial charge in [0.05, 0.1) is 27.5 Å². The van der Waals surface area contributed by atoms with Crippen LogP contribution in [0.15, 0.2) is 174 Å². The maximum atomic E-state index is 9.21. The van der Waals surface area contributed by atoms with Gasteiger partial charge in [-0.15, -0.1) is 11.3 Å². The van der Waals surface area contributed by atoms with Crippen molar-refractivity contribution in [3.8, 4) is 74.0 Å². The minimum Gasteiger partial charge on any atom is -0.456 e. The molecule has 58 heavy (non-hydrogen) atoms. The van der Waals surface area contributed by atoms with E-state index in [1.807, 2.05) is 121 Å². The minimum atomic E-state index is 0.543.